The third-order valence-electron chi connectivity index (χ3n) is 6.15. The lowest BCUT2D eigenvalue weighted by molar-refractivity contribution is -0.151. The van der Waals surface area contributed by atoms with Crippen LogP contribution < -0.4 is 4.74 Å². The standard InChI is InChI=1S/C27H44O3/c1-4-5-6-7-8-9-10-11-12-17-27(28)30-26-16-14-13-15-25(26)23-18-20-24(21-19-23)29-22(2)3/h18-22,25-26H,4-17H2,1-3H3/t25-,26+/m0/s1. The maximum Gasteiger partial charge on any atom is 0.306 e. The molecule has 2 atom stereocenters. The van der Waals surface area contributed by atoms with Crippen molar-refractivity contribution in [2.45, 2.75) is 129 Å². The number of rotatable bonds is 14. The highest BCUT2D eigenvalue weighted by molar-refractivity contribution is 5.69. The molecule has 3 nitrogen and oxygen atoms in total. The van der Waals surface area contributed by atoms with Gasteiger partial charge in [-0.15, -0.1) is 0 Å². The Balaban J connectivity index is 1.70. The highest BCUT2D eigenvalue weighted by Crippen LogP contribution is 2.36. The second-order valence-electron chi connectivity index (χ2n) is 9.23. The molecule has 0 bridgehead atoms. The molecular weight excluding hydrogens is 372 g/mol. The SMILES string of the molecule is CCCCCCCCCCCC(=O)O[C@@H]1CCCC[C@H]1c1ccc(OC(C)C)cc1. The molecule has 0 aromatic heterocycles. The third-order valence-corrected chi connectivity index (χ3v) is 6.15. The van der Waals surface area contributed by atoms with E-state index in [1.54, 1.807) is 0 Å². The Labute approximate surface area is 184 Å². The van der Waals surface area contributed by atoms with Gasteiger partial charge in [0.2, 0.25) is 0 Å². The van der Waals surface area contributed by atoms with Crippen LogP contribution in [0.5, 0.6) is 5.75 Å². The molecule has 1 aromatic rings. The Morgan fingerprint density at radius 1 is 0.900 bits per heavy atom. The topological polar surface area (TPSA) is 35.5 Å². The number of hydrogen-bond donors (Lipinski definition) is 0. The van der Waals surface area contributed by atoms with E-state index < -0.39 is 0 Å². The van der Waals surface area contributed by atoms with Gasteiger partial charge in [0.15, 0.2) is 0 Å². The van der Waals surface area contributed by atoms with Crippen molar-refractivity contribution in [3.05, 3.63) is 29.8 Å². The quantitative estimate of drug-likeness (QED) is 0.228. The number of unbranched alkanes of at least 4 members (excludes halogenated alkanes) is 8. The lowest BCUT2D eigenvalue weighted by Gasteiger charge is -2.31. The Kier molecular flexibility index (Phi) is 12.0. The molecule has 0 saturated heterocycles. The number of esters is 1. The first-order valence-electron chi connectivity index (χ1n) is 12.6. The van der Waals surface area contributed by atoms with Gasteiger partial charge in [-0.3, -0.25) is 4.79 Å². The van der Waals surface area contributed by atoms with Crippen molar-refractivity contribution in [1.82, 2.24) is 0 Å². The lowest BCUT2D eigenvalue weighted by Crippen LogP contribution is -2.28. The van der Waals surface area contributed by atoms with Gasteiger partial charge in [0, 0.05) is 12.3 Å². The van der Waals surface area contributed by atoms with E-state index >= 15 is 0 Å². The van der Waals surface area contributed by atoms with Gasteiger partial charge in [0.05, 0.1) is 6.10 Å². The van der Waals surface area contributed by atoms with Crippen LogP contribution in [-0.4, -0.2) is 18.2 Å². The fourth-order valence-electron chi connectivity index (χ4n) is 4.49. The van der Waals surface area contributed by atoms with Crippen molar-refractivity contribution < 1.29 is 14.3 Å². The fourth-order valence-corrected chi connectivity index (χ4v) is 4.49. The van der Waals surface area contributed by atoms with E-state index in [-0.39, 0.29) is 18.2 Å². The van der Waals surface area contributed by atoms with E-state index in [9.17, 15) is 4.79 Å². The van der Waals surface area contributed by atoms with E-state index in [1.165, 1.54) is 56.9 Å². The number of hydrogen-bond acceptors (Lipinski definition) is 3. The van der Waals surface area contributed by atoms with Gasteiger partial charge in [0.25, 0.3) is 0 Å². The Morgan fingerprint density at radius 3 is 2.13 bits per heavy atom. The predicted molar refractivity (Wildman–Crippen MR) is 125 cm³/mol. The molecule has 0 unspecified atom stereocenters. The van der Waals surface area contributed by atoms with Gasteiger partial charge in [0.1, 0.15) is 11.9 Å². The molecule has 0 amide bonds. The highest BCUT2D eigenvalue weighted by Gasteiger charge is 2.29. The maximum absolute atomic E-state index is 12.4. The second-order valence-corrected chi connectivity index (χ2v) is 9.23. The Morgan fingerprint density at radius 2 is 1.50 bits per heavy atom. The predicted octanol–water partition coefficient (Wildman–Crippen LogP) is 7.96. The molecule has 1 aromatic carbocycles. The average Bonchev–Trinajstić information content (AvgIpc) is 2.73. The molecule has 1 fully saturated rings. The molecule has 1 aliphatic rings. The van der Waals surface area contributed by atoms with Crippen molar-refractivity contribution in [2.75, 3.05) is 0 Å². The van der Waals surface area contributed by atoms with Gasteiger partial charge in [-0.2, -0.15) is 0 Å². The average molecular weight is 417 g/mol. The first-order valence-corrected chi connectivity index (χ1v) is 12.6. The Bertz CT molecular complexity index is 578. The van der Waals surface area contributed by atoms with Crippen LogP contribution in [0.3, 0.4) is 0 Å². The van der Waals surface area contributed by atoms with Crippen LogP contribution in [0.1, 0.15) is 122 Å². The van der Waals surface area contributed by atoms with Gasteiger partial charge in [-0.25, -0.2) is 0 Å². The van der Waals surface area contributed by atoms with Crippen LogP contribution in [0.2, 0.25) is 0 Å². The third kappa shape index (κ3) is 9.53. The monoisotopic (exact) mass is 416 g/mol. The van der Waals surface area contributed by atoms with Crippen molar-refractivity contribution >= 4 is 5.97 Å². The highest BCUT2D eigenvalue weighted by atomic mass is 16.5. The fraction of sp³-hybridized carbons (Fsp3) is 0.741. The van der Waals surface area contributed by atoms with Crippen molar-refractivity contribution in [1.29, 1.82) is 0 Å². The smallest absolute Gasteiger partial charge is 0.306 e. The zero-order valence-corrected chi connectivity index (χ0v) is 19.7. The summed E-state index contributed by atoms with van der Waals surface area (Å²) in [5, 5.41) is 0. The first-order chi connectivity index (χ1) is 14.6. The van der Waals surface area contributed by atoms with E-state index in [1.807, 2.05) is 26.0 Å². The summed E-state index contributed by atoms with van der Waals surface area (Å²) in [5.41, 5.74) is 1.27. The summed E-state index contributed by atoms with van der Waals surface area (Å²) in [4.78, 5) is 12.4. The summed E-state index contributed by atoms with van der Waals surface area (Å²) in [6.07, 6.45) is 16.6. The number of carbonyl (C=O) groups is 1. The molecule has 0 heterocycles. The molecule has 2 rings (SSSR count). The largest absolute Gasteiger partial charge is 0.491 e. The summed E-state index contributed by atoms with van der Waals surface area (Å²) in [7, 11) is 0. The Hall–Kier alpha value is -1.51. The molecule has 1 aliphatic carbocycles. The zero-order valence-electron chi connectivity index (χ0n) is 19.7. The molecule has 0 spiro atoms. The molecular formula is C27H44O3. The number of benzene rings is 1. The molecule has 0 N–H and O–H groups in total. The van der Waals surface area contributed by atoms with Crippen LogP contribution in [0, 0.1) is 0 Å². The van der Waals surface area contributed by atoms with Crippen molar-refractivity contribution in [3.8, 4) is 5.75 Å². The van der Waals surface area contributed by atoms with E-state index in [2.05, 4.69) is 19.1 Å². The summed E-state index contributed by atoms with van der Waals surface area (Å²) < 4.78 is 11.7. The van der Waals surface area contributed by atoms with Crippen LogP contribution in [0.15, 0.2) is 24.3 Å². The molecule has 170 valence electrons. The normalized spacial score (nSPS) is 19.1. The van der Waals surface area contributed by atoms with E-state index in [4.69, 9.17) is 9.47 Å². The second kappa shape index (κ2) is 14.5. The van der Waals surface area contributed by atoms with E-state index in [0.717, 1.165) is 37.9 Å². The van der Waals surface area contributed by atoms with Crippen LogP contribution in [-0.2, 0) is 9.53 Å². The van der Waals surface area contributed by atoms with Crippen LogP contribution >= 0.6 is 0 Å². The molecule has 30 heavy (non-hydrogen) atoms. The van der Waals surface area contributed by atoms with Gasteiger partial charge >= 0.3 is 5.97 Å². The zero-order chi connectivity index (χ0) is 21.6. The summed E-state index contributed by atoms with van der Waals surface area (Å²) in [6.45, 7) is 6.34. The minimum atomic E-state index is -0.00499. The van der Waals surface area contributed by atoms with Crippen LogP contribution in [0.4, 0.5) is 0 Å². The molecule has 1 saturated carbocycles. The van der Waals surface area contributed by atoms with E-state index in [0.29, 0.717) is 12.3 Å². The van der Waals surface area contributed by atoms with Crippen LogP contribution in [0.25, 0.3) is 0 Å². The van der Waals surface area contributed by atoms with Gasteiger partial charge in [-0.1, -0.05) is 76.8 Å². The molecule has 0 aliphatic heterocycles. The molecule has 3 heteroatoms. The summed E-state index contributed by atoms with van der Waals surface area (Å²) in [6, 6.07) is 8.39. The minimum Gasteiger partial charge on any atom is -0.491 e. The van der Waals surface area contributed by atoms with Gasteiger partial charge in [-0.05, 0) is 57.2 Å². The summed E-state index contributed by atoms with van der Waals surface area (Å²) in [5.74, 6) is 1.22. The van der Waals surface area contributed by atoms with Crippen molar-refractivity contribution in [2.24, 2.45) is 0 Å². The number of carbonyl (C=O) groups excluding carboxylic acids is 1. The summed E-state index contributed by atoms with van der Waals surface area (Å²) >= 11 is 0. The maximum atomic E-state index is 12.4. The van der Waals surface area contributed by atoms with Gasteiger partial charge < -0.3 is 9.47 Å². The molecule has 0 radical (unpaired) electrons. The number of ether oxygens (including phenoxy) is 2. The van der Waals surface area contributed by atoms with Crippen molar-refractivity contribution in [3.63, 3.8) is 0 Å². The minimum absolute atomic E-state index is 0.00499. The first kappa shape index (κ1) is 24.8. The lowest BCUT2D eigenvalue weighted by atomic mass is 9.81.